The highest BCUT2D eigenvalue weighted by molar-refractivity contribution is 9.10. The monoisotopic (exact) mass is 287 g/mol. The van der Waals surface area contributed by atoms with Crippen molar-refractivity contribution in [2.45, 2.75) is 25.4 Å². The zero-order valence-corrected chi connectivity index (χ0v) is 10.4. The van der Waals surface area contributed by atoms with Gasteiger partial charge in [-0.25, -0.2) is 0 Å². The van der Waals surface area contributed by atoms with Crippen molar-refractivity contribution < 1.29 is 14.3 Å². The van der Waals surface area contributed by atoms with Gasteiger partial charge in [0.25, 0.3) is 5.91 Å². The van der Waals surface area contributed by atoms with Gasteiger partial charge < -0.3 is 14.8 Å². The number of furan rings is 1. The van der Waals surface area contributed by atoms with Gasteiger partial charge in [0.1, 0.15) is 0 Å². The molecule has 1 amide bonds. The molecule has 1 heterocycles. The molecule has 88 valence electrons. The lowest BCUT2D eigenvalue weighted by Crippen LogP contribution is -2.32. The van der Waals surface area contributed by atoms with Crippen LogP contribution in [0.4, 0.5) is 0 Å². The van der Waals surface area contributed by atoms with Crippen molar-refractivity contribution in [1.29, 1.82) is 0 Å². The van der Waals surface area contributed by atoms with Gasteiger partial charge in [0.15, 0.2) is 4.67 Å². The van der Waals surface area contributed by atoms with E-state index in [1.165, 1.54) is 6.26 Å². The van der Waals surface area contributed by atoms with Gasteiger partial charge in [0.2, 0.25) is 0 Å². The fourth-order valence-corrected chi connectivity index (χ4v) is 2.45. The van der Waals surface area contributed by atoms with Crippen molar-refractivity contribution in [3.8, 4) is 0 Å². The molecule has 0 spiro atoms. The number of hydrogen-bond donors (Lipinski definition) is 2. The number of nitrogens with one attached hydrogen (secondary N) is 1. The normalized spacial score (nSPS) is 24.6. The molecule has 2 unspecified atom stereocenters. The van der Waals surface area contributed by atoms with Crippen LogP contribution in [-0.2, 0) is 0 Å². The summed E-state index contributed by atoms with van der Waals surface area (Å²) in [6.45, 7) is 0.525. The van der Waals surface area contributed by atoms with Gasteiger partial charge in [0.05, 0.1) is 17.9 Å². The summed E-state index contributed by atoms with van der Waals surface area (Å²) in [6.07, 6.45) is 4.05. The molecular weight excluding hydrogens is 274 g/mol. The maximum Gasteiger partial charge on any atom is 0.255 e. The Hall–Kier alpha value is -0.810. The van der Waals surface area contributed by atoms with Crippen LogP contribution in [0.3, 0.4) is 0 Å². The van der Waals surface area contributed by atoms with Crippen LogP contribution in [0, 0.1) is 5.92 Å². The molecule has 4 nitrogen and oxygen atoms in total. The smallest absolute Gasteiger partial charge is 0.255 e. The van der Waals surface area contributed by atoms with Crippen LogP contribution in [0.15, 0.2) is 21.4 Å². The minimum absolute atomic E-state index is 0.167. The third-order valence-electron chi connectivity index (χ3n) is 3.01. The second-order valence-corrected chi connectivity index (χ2v) is 4.80. The summed E-state index contributed by atoms with van der Waals surface area (Å²) < 4.78 is 5.43. The van der Waals surface area contributed by atoms with Crippen LogP contribution in [0.5, 0.6) is 0 Å². The Morgan fingerprint density at radius 3 is 3.00 bits per heavy atom. The molecule has 1 aromatic heterocycles. The van der Waals surface area contributed by atoms with Crippen molar-refractivity contribution in [2.75, 3.05) is 6.54 Å². The van der Waals surface area contributed by atoms with Crippen LogP contribution >= 0.6 is 15.9 Å². The quantitative estimate of drug-likeness (QED) is 0.893. The first-order valence-electron chi connectivity index (χ1n) is 5.37. The highest BCUT2D eigenvalue weighted by Crippen LogP contribution is 2.25. The minimum Gasteiger partial charge on any atom is -0.457 e. The first-order chi connectivity index (χ1) is 7.68. The molecule has 0 saturated heterocycles. The fraction of sp³-hybridized carbons (Fsp3) is 0.545. The number of halogens is 1. The van der Waals surface area contributed by atoms with E-state index in [0.29, 0.717) is 16.8 Å². The molecule has 0 bridgehead atoms. The first-order valence-corrected chi connectivity index (χ1v) is 6.17. The van der Waals surface area contributed by atoms with E-state index in [-0.39, 0.29) is 17.9 Å². The molecule has 1 aromatic rings. The molecule has 1 aliphatic carbocycles. The molecule has 2 N–H and O–H groups in total. The molecule has 1 aliphatic rings. The SMILES string of the molecule is O=C(NCC1CCCC1O)c1ccoc1Br. The molecule has 1 saturated carbocycles. The molecule has 5 heteroatoms. The van der Waals surface area contributed by atoms with Crippen LogP contribution in [-0.4, -0.2) is 23.7 Å². The highest BCUT2D eigenvalue weighted by Gasteiger charge is 2.25. The number of amides is 1. The van der Waals surface area contributed by atoms with Crippen molar-refractivity contribution in [1.82, 2.24) is 5.32 Å². The molecule has 16 heavy (non-hydrogen) atoms. The zero-order chi connectivity index (χ0) is 11.5. The lowest BCUT2D eigenvalue weighted by molar-refractivity contribution is 0.0915. The van der Waals surface area contributed by atoms with Gasteiger partial charge in [-0.1, -0.05) is 6.42 Å². The third-order valence-corrected chi connectivity index (χ3v) is 3.62. The van der Waals surface area contributed by atoms with Crippen LogP contribution < -0.4 is 5.32 Å². The Labute approximate surface area is 102 Å². The molecule has 1 fully saturated rings. The number of aliphatic hydroxyl groups is 1. The van der Waals surface area contributed by atoms with Crippen molar-refractivity contribution in [3.63, 3.8) is 0 Å². The second kappa shape index (κ2) is 5.01. The van der Waals surface area contributed by atoms with E-state index >= 15 is 0 Å². The van der Waals surface area contributed by atoms with Gasteiger partial charge in [-0.2, -0.15) is 0 Å². The zero-order valence-electron chi connectivity index (χ0n) is 8.78. The molecule has 0 aromatic carbocycles. The molecule has 2 rings (SSSR count). The summed E-state index contributed by atoms with van der Waals surface area (Å²) >= 11 is 3.16. The largest absolute Gasteiger partial charge is 0.457 e. The van der Waals surface area contributed by atoms with E-state index in [2.05, 4.69) is 21.2 Å². The maximum atomic E-state index is 11.7. The van der Waals surface area contributed by atoms with E-state index in [0.717, 1.165) is 19.3 Å². The lowest BCUT2D eigenvalue weighted by Gasteiger charge is -2.14. The Balaban J connectivity index is 1.86. The Morgan fingerprint density at radius 2 is 2.44 bits per heavy atom. The Kier molecular flexibility index (Phi) is 3.66. The molecular formula is C11H14BrNO3. The predicted octanol–water partition coefficient (Wildman–Crippen LogP) is 1.93. The summed E-state index contributed by atoms with van der Waals surface area (Å²) in [4.78, 5) is 11.7. The third kappa shape index (κ3) is 2.47. The Morgan fingerprint density at radius 1 is 1.62 bits per heavy atom. The predicted molar refractivity (Wildman–Crippen MR) is 62.1 cm³/mol. The number of carbonyl (C=O) groups is 1. The summed E-state index contributed by atoms with van der Waals surface area (Å²) in [5.41, 5.74) is 0.493. The van der Waals surface area contributed by atoms with Gasteiger partial charge >= 0.3 is 0 Å². The lowest BCUT2D eigenvalue weighted by atomic mass is 10.1. The van der Waals surface area contributed by atoms with Gasteiger partial charge in [-0.3, -0.25) is 4.79 Å². The minimum atomic E-state index is -0.270. The molecule has 0 aliphatic heterocycles. The molecule has 0 radical (unpaired) electrons. The maximum absolute atomic E-state index is 11.7. The van der Waals surface area contributed by atoms with Crippen molar-refractivity contribution in [2.24, 2.45) is 5.92 Å². The average Bonchev–Trinajstić information content (AvgIpc) is 2.84. The van der Waals surface area contributed by atoms with Gasteiger partial charge in [-0.05, 0) is 34.8 Å². The standard InChI is InChI=1S/C11H14BrNO3/c12-10-8(4-5-16-10)11(15)13-6-7-2-1-3-9(7)14/h4-5,7,9,14H,1-3,6H2,(H,13,15). The van der Waals surface area contributed by atoms with Gasteiger partial charge in [0, 0.05) is 12.5 Å². The van der Waals surface area contributed by atoms with E-state index in [1.807, 2.05) is 0 Å². The van der Waals surface area contributed by atoms with E-state index in [9.17, 15) is 9.90 Å². The summed E-state index contributed by atoms with van der Waals surface area (Å²) in [7, 11) is 0. The van der Waals surface area contributed by atoms with E-state index < -0.39 is 0 Å². The number of rotatable bonds is 3. The summed E-state index contributed by atoms with van der Waals surface area (Å²) in [6, 6.07) is 1.62. The summed E-state index contributed by atoms with van der Waals surface area (Å²) in [5.74, 6) is 0.0225. The number of carbonyl (C=O) groups excluding carboxylic acids is 1. The fourth-order valence-electron chi connectivity index (χ4n) is 2.03. The molecule has 2 atom stereocenters. The topological polar surface area (TPSA) is 62.5 Å². The van der Waals surface area contributed by atoms with Crippen molar-refractivity contribution in [3.05, 3.63) is 22.6 Å². The summed E-state index contributed by atoms with van der Waals surface area (Å²) in [5, 5.41) is 12.4. The van der Waals surface area contributed by atoms with Crippen LogP contribution in [0.2, 0.25) is 0 Å². The van der Waals surface area contributed by atoms with Gasteiger partial charge in [-0.15, -0.1) is 0 Å². The number of hydrogen-bond acceptors (Lipinski definition) is 3. The first kappa shape index (κ1) is 11.7. The highest BCUT2D eigenvalue weighted by atomic mass is 79.9. The van der Waals surface area contributed by atoms with E-state index in [1.54, 1.807) is 6.07 Å². The van der Waals surface area contributed by atoms with Crippen LogP contribution in [0.1, 0.15) is 29.6 Å². The Bertz CT molecular complexity index is 377. The van der Waals surface area contributed by atoms with E-state index in [4.69, 9.17) is 4.42 Å². The average molecular weight is 288 g/mol. The second-order valence-electron chi connectivity index (χ2n) is 4.08. The van der Waals surface area contributed by atoms with Crippen molar-refractivity contribution >= 4 is 21.8 Å². The van der Waals surface area contributed by atoms with Crippen LogP contribution in [0.25, 0.3) is 0 Å². The number of aliphatic hydroxyl groups excluding tert-OH is 1.